The zero-order chi connectivity index (χ0) is 8.81. The van der Waals surface area contributed by atoms with Crippen molar-refractivity contribution >= 4 is 0 Å². The summed E-state index contributed by atoms with van der Waals surface area (Å²) in [6, 6.07) is 0. The van der Waals surface area contributed by atoms with E-state index in [4.69, 9.17) is 0 Å². The van der Waals surface area contributed by atoms with Crippen molar-refractivity contribution in [3.8, 4) is 0 Å². The van der Waals surface area contributed by atoms with Crippen LogP contribution in [0.15, 0.2) is 24.0 Å². The molecule has 1 aromatic heterocycles. The molecule has 66 valence electrons. The number of H-pyrrole nitrogens is 1. The molecule has 1 rings (SSSR count). The molecule has 12 heavy (non-hydrogen) atoms. The van der Waals surface area contributed by atoms with Gasteiger partial charge in [-0.15, -0.1) is 0 Å². The lowest BCUT2D eigenvalue weighted by Crippen LogP contribution is -2.14. The molecule has 0 aromatic carbocycles. The minimum atomic E-state index is 0.802. The Morgan fingerprint density at radius 1 is 1.67 bits per heavy atom. The second kappa shape index (κ2) is 4.72. The molecule has 0 saturated heterocycles. The van der Waals surface area contributed by atoms with Crippen molar-refractivity contribution in [2.45, 2.75) is 20.4 Å². The molecule has 0 unspecified atom stereocenters. The van der Waals surface area contributed by atoms with Crippen LogP contribution in [0.1, 0.15) is 19.7 Å². The van der Waals surface area contributed by atoms with Gasteiger partial charge < -0.3 is 10.3 Å². The number of nitrogens with zero attached hydrogens (tertiary/aromatic N) is 1. The molecule has 0 radical (unpaired) electrons. The van der Waals surface area contributed by atoms with Gasteiger partial charge in [0.05, 0.1) is 6.54 Å². The van der Waals surface area contributed by atoms with E-state index in [1.165, 1.54) is 5.57 Å². The van der Waals surface area contributed by atoms with Crippen LogP contribution in [0.25, 0.3) is 0 Å². The Bertz CT molecular complexity index is 232. The highest BCUT2D eigenvalue weighted by molar-refractivity contribution is 4.95. The minimum absolute atomic E-state index is 0.802. The van der Waals surface area contributed by atoms with E-state index in [1.54, 1.807) is 6.20 Å². The number of nitrogens with one attached hydrogen (secondary N) is 2. The summed E-state index contributed by atoms with van der Waals surface area (Å²) in [5.74, 6) is 0.983. The second-order valence-corrected chi connectivity index (χ2v) is 2.95. The van der Waals surface area contributed by atoms with Gasteiger partial charge in [0, 0.05) is 18.9 Å². The Balaban J connectivity index is 2.16. The van der Waals surface area contributed by atoms with Crippen molar-refractivity contribution in [1.82, 2.24) is 15.3 Å². The molecule has 0 aliphatic rings. The van der Waals surface area contributed by atoms with Gasteiger partial charge in [0.25, 0.3) is 0 Å². The number of aromatic amines is 1. The van der Waals surface area contributed by atoms with Crippen LogP contribution in [0.3, 0.4) is 0 Å². The fourth-order valence-electron chi connectivity index (χ4n) is 0.862. The molecule has 1 heterocycles. The Labute approximate surface area is 72.9 Å². The summed E-state index contributed by atoms with van der Waals surface area (Å²) >= 11 is 0. The van der Waals surface area contributed by atoms with E-state index >= 15 is 0 Å². The van der Waals surface area contributed by atoms with Gasteiger partial charge >= 0.3 is 0 Å². The van der Waals surface area contributed by atoms with Gasteiger partial charge in [-0.2, -0.15) is 0 Å². The predicted molar refractivity (Wildman–Crippen MR) is 49.7 cm³/mol. The lowest BCUT2D eigenvalue weighted by Gasteiger charge is -1.97. The Morgan fingerprint density at radius 3 is 3.08 bits per heavy atom. The average molecular weight is 165 g/mol. The van der Waals surface area contributed by atoms with Crippen LogP contribution in [0.2, 0.25) is 0 Å². The lowest BCUT2D eigenvalue weighted by atomic mass is 10.3. The fraction of sp³-hybridized carbons (Fsp3) is 0.444. The first-order valence-electron chi connectivity index (χ1n) is 4.11. The molecular weight excluding hydrogens is 150 g/mol. The van der Waals surface area contributed by atoms with Crippen molar-refractivity contribution in [1.29, 1.82) is 0 Å². The van der Waals surface area contributed by atoms with Gasteiger partial charge in [-0.3, -0.25) is 0 Å². The maximum Gasteiger partial charge on any atom is 0.120 e. The van der Waals surface area contributed by atoms with E-state index in [2.05, 4.69) is 35.2 Å². The summed E-state index contributed by atoms with van der Waals surface area (Å²) in [5.41, 5.74) is 1.34. The van der Waals surface area contributed by atoms with Gasteiger partial charge in [-0.25, -0.2) is 4.98 Å². The third-order valence-electron chi connectivity index (χ3n) is 1.50. The number of aromatic nitrogens is 2. The topological polar surface area (TPSA) is 40.7 Å². The first-order valence-corrected chi connectivity index (χ1v) is 4.11. The van der Waals surface area contributed by atoms with Crippen molar-refractivity contribution in [3.05, 3.63) is 29.9 Å². The molecule has 0 bridgehead atoms. The zero-order valence-electron chi connectivity index (χ0n) is 7.59. The van der Waals surface area contributed by atoms with Crippen LogP contribution in [0.5, 0.6) is 0 Å². The van der Waals surface area contributed by atoms with Crippen molar-refractivity contribution < 1.29 is 0 Å². The first kappa shape index (κ1) is 9.00. The molecule has 3 nitrogen and oxygen atoms in total. The third kappa shape index (κ3) is 3.34. The summed E-state index contributed by atoms with van der Waals surface area (Å²) in [5, 5.41) is 3.25. The van der Waals surface area contributed by atoms with Crippen molar-refractivity contribution in [3.63, 3.8) is 0 Å². The highest BCUT2D eigenvalue weighted by Gasteiger charge is 1.90. The number of allylic oxidation sites excluding steroid dienone is 1. The Morgan fingerprint density at radius 2 is 2.50 bits per heavy atom. The van der Waals surface area contributed by atoms with Crippen LogP contribution in [0.4, 0.5) is 0 Å². The maximum atomic E-state index is 4.09. The van der Waals surface area contributed by atoms with Gasteiger partial charge in [-0.1, -0.05) is 11.6 Å². The molecular formula is C9H15N3. The van der Waals surface area contributed by atoms with E-state index in [1.807, 2.05) is 6.20 Å². The van der Waals surface area contributed by atoms with Crippen LogP contribution in [-0.4, -0.2) is 16.5 Å². The Kier molecular flexibility index (Phi) is 3.54. The predicted octanol–water partition coefficient (Wildman–Crippen LogP) is 1.47. The first-order chi connectivity index (χ1) is 5.79. The molecule has 0 aliphatic carbocycles. The average Bonchev–Trinajstić information content (AvgIpc) is 2.49. The van der Waals surface area contributed by atoms with Gasteiger partial charge in [0.15, 0.2) is 0 Å². The number of imidazole rings is 1. The van der Waals surface area contributed by atoms with E-state index in [0.717, 1.165) is 18.9 Å². The minimum Gasteiger partial charge on any atom is -0.348 e. The van der Waals surface area contributed by atoms with E-state index in [0.29, 0.717) is 0 Å². The molecule has 0 fully saturated rings. The summed E-state index contributed by atoms with van der Waals surface area (Å²) < 4.78 is 0. The van der Waals surface area contributed by atoms with Crippen LogP contribution < -0.4 is 5.32 Å². The fourth-order valence-corrected chi connectivity index (χ4v) is 0.862. The summed E-state index contributed by atoms with van der Waals surface area (Å²) in [7, 11) is 0. The molecule has 3 heteroatoms. The van der Waals surface area contributed by atoms with E-state index in [-0.39, 0.29) is 0 Å². The quantitative estimate of drug-likeness (QED) is 0.524. The monoisotopic (exact) mass is 165 g/mol. The van der Waals surface area contributed by atoms with Crippen LogP contribution in [-0.2, 0) is 6.54 Å². The number of hydrogen-bond acceptors (Lipinski definition) is 2. The molecule has 0 saturated carbocycles. The molecule has 0 amide bonds. The normalized spacial score (nSPS) is 9.83. The zero-order valence-corrected chi connectivity index (χ0v) is 7.59. The van der Waals surface area contributed by atoms with Gasteiger partial charge in [0.1, 0.15) is 5.82 Å². The number of hydrogen-bond donors (Lipinski definition) is 2. The molecule has 0 atom stereocenters. The third-order valence-corrected chi connectivity index (χ3v) is 1.50. The smallest absolute Gasteiger partial charge is 0.120 e. The summed E-state index contributed by atoms with van der Waals surface area (Å²) in [6.07, 6.45) is 5.75. The SMILES string of the molecule is CC(C)=CCNCc1ncc[nH]1. The Hall–Kier alpha value is -1.09. The van der Waals surface area contributed by atoms with E-state index < -0.39 is 0 Å². The van der Waals surface area contributed by atoms with Gasteiger partial charge in [-0.05, 0) is 13.8 Å². The standard InChI is InChI=1S/C9H15N3/c1-8(2)3-4-10-7-9-11-5-6-12-9/h3,5-6,10H,4,7H2,1-2H3,(H,11,12). The molecule has 0 aliphatic heterocycles. The summed E-state index contributed by atoms with van der Waals surface area (Å²) in [6.45, 7) is 5.89. The molecule has 0 spiro atoms. The van der Waals surface area contributed by atoms with E-state index in [9.17, 15) is 0 Å². The molecule has 2 N–H and O–H groups in total. The highest BCUT2D eigenvalue weighted by atomic mass is 15.0. The lowest BCUT2D eigenvalue weighted by molar-refractivity contribution is 0.723. The van der Waals surface area contributed by atoms with Crippen molar-refractivity contribution in [2.75, 3.05) is 6.54 Å². The summed E-state index contributed by atoms with van der Waals surface area (Å²) in [4.78, 5) is 7.13. The van der Waals surface area contributed by atoms with Crippen LogP contribution in [0, 0.1) is 0 Å². The van der Waals surface area contributed by atoms with Crippen LogP contribution >= 0.6 is 0 Å². The van der Waals surface area contributed by atoms with Gasteiger partial charge in [0.2, 0.25) is 0 Å². The number of rotatable bonds is 4. The molecule has 1 aromatic rings. The largest absolute Gasteiger partial charge is 0.348 e. The maximum absolute atomic E-state index is 4.09. The highest BCUT2D eigenvalue weighted by Crippen LogP contribution is 1.88. The second-order valence-electron chi connectivity index (χ2n) is 2.95. The van der Waals surface area contributed by atoms with Crippen molar-refractivity contribution in [2.24, 2.45) is 0 Å².